The van der Waals surface area contributed by atoms with Crippen molar-refractivity contribution in [3.8, 4) is 11.5 Å². The van der Waals surface area contributed by atoms with Crippen LogP contribution in [0.4, 0.5) is 10.5 Å². The summed E-state index contributed by atoms with van der Waals surface area (Å²) in [5.74, 6) is 1.31. The summed E-state index contributed by atoms with van der Waals surface area (Å²) in [7, 11) is -3.95. The normalized spacial score (nSPS) is 11.6. The summed E-state index contributed by atoms with van der Waals surface area (Å²) in [6, 6.07) is 20.1. The number of carbonyl (C=O) groups excluding carboxylic acids is 1. The van der Waals surface area contributed by atoms with E-state index >= 15 is 0 Å². The molecule has 0 bridgehead atoms. The maximum Gasteiger partial charge on any atom is 0.333 e. The highest BCUT2D eigenvalue weighted by atomic mass is 32.2. The molecule has 3 aromatic carbocycles. The third-order valence-corrected chi connectivity index (χ3v) is 6.77. The average molecular weight is 453 g/mol. The van der Waals surface area contributed by atoms with Crippen LogP contribution in [0.3, 0.4) is 0 Å². The van der Waals surface area contributed by atoms with Crippen LogP contribution in [0.1, 0.15) is 38.3 Å². The average Bonchev–Trinajstić information content (AvgIpc) is 2.75. The monoisotopic (exact) mass is 452 g/mol. The molecule has 0 unspecified atom stereocenters. The van der Waals surface area contributed by atoms with Gasteiger partial charge in [-0.2, -0.15) is 0 Å². The van der Waals surface area contributed by atoms with Crippen LogP contribution in [-0.2, 0) is 15.4 Å². The molecule has 0 saturated heterocycles. The van der Waals surface area contributed by atoms with Crippen molar-refractivity contribution in [1.82, 2.24) is 4.72 Å². The second-order valence-electron chi connectivity index (χ2n) is 8.26. The van der Waals surface area contributed by atoms with Gasteiger partial charge in [0.25, 0.3) is 10.0 Å². The van der Waals surface area contributed by atoms with Gasteiger partial charge >= 0.3 is 6.03 Å². The molecular weight excluding hydrogens is 424 g/mol. The number of anilines is 1. The van der Waals surface area contributed by atoms with Crippen LogP contribution in [-0.4, -0.2) is 14.4 Å². The second-order valence-corrected chi connectivity index (χ2v) is 9.94. The molecule has 3 rings (SSSR count). The fraction of sp³-hybridized carbons (Fsp3) is 0.240. The number of hydrogen-bond acceptors (Lipinski definition) is 4. The Bertz CT molecular complexity index is 1170. The van der Waals surface area contributed by atoms with E-state index < -0.39 is 16.1 Å². The van der Waals surface area contributed by atoms with E-state index in [2.05, 4.69) is 38.2 Å². The summed E-state index contributed by atoms with van der Waals surface area (Å²) in [6.07, 6.45) is 1.04. The van der Waals surface area contributed by atoms with Crippen LogP contribution in [0.2, 0.25) is 0 Å². The first-order valence-electron chi connectivity index (χ1n) is 10.4. The summed E-state index contributed by atoms with van der Waals surface area (Å²) in [4.78, 5) is 12.2. The van der Waals surface area contributed by atoms with Gasteiger partial charge in [0.05, 0.1) is 4.90 Å². The summed E-state index contributed by atoms with van der Waals surface area (Å²) < 4.78 is 32.5. The molecule has 0 aliphatic rings. The first-order chi connectivity index (χ1) is 15.1. The van der Waals surface area contributed by atoms with Crippen LogP contribution < -0.4 is 14.8 Å². The Balaban J connectivity index is 1.59. The summed E-state index contributed by atoms with van der Waals surface area (Å²) in [5, 5.41) is 2.52. The molecular formula is C25H28N2O4S. The largest absolute Gasteiger partial charge is 0.457 e. The van der Waals surface area contributed by atoms with Gasteiger partial charge in [-0.25, -0.2) is 17.9 Å². The number of ether oxygens (including phenoxy) is 1. The molecule has 6 nitrogen and oxygen atoms in total. The van der Waals surface area contributed by atoms with Gasteiger partial charge in [0, 0.05) is 5.69 Å². The number of urea groups is 1. The smallest absolute Gasteiger partial charge is 0.333 e. The van der Waals surface area contributed by atoms with E-state index in [0.29, 0.717) is 17.2 Å². The van der Waals surface area contributed by atoms with E-state index in [1.807, 2.05) is 23.8 Å². The Morgan fingerprint density at radius 1 is 0.875 bits per heavy atom. The van der Waals surface area contributed by atoms with Crippen molar-refractivity contribution >= 4 is 21.7 Å². The van der Waals surface area contributed by atoms with E-state index in [0.717, 1.165) is 12.0 Å². The molecule has 0 aliphatic carbocycles. The van der Waals surface area contributed by atoms with Gasteiger partial charge in [-0.3, -0.25) is 0 Å². The van der Waals surface area contributed by atoms with Crippen molar-refractivity contribution < 1.29 is 17.9 Å². The topological polar surface area (TPSA) is 84.5 Å². The van der Waals surface area contributed by atoms with E-state index in [-0.39, 0.29) is 10.3 Å². The number of benzene rings is 3. The maximum absolute atomic E-state index is 12.3. The fourth-order valence-corrected chi connectivity index (χ4v) is 3.88. The van der Waals surface area contributed by atoms with Crippen LogP contribution in [0.25, 0.3) is 0 Å². The van der Waals surface area contributed by atoms with Crippen LogP contribution in [0.5, 0.6) is 11.5 Å². The van der Waals surface area contributed by atoms with Crippen molar-refractivity contribution in [1.29, 1.82) is 0 Å². The zero-order valence-electron chi connectivity index (χ0n) is 18.7. The lowest BCUT2D eigenvalue weighted by molar-refractivity contribution is 0.256. The molecule has 7 heteroatoms. The maximum atomic E-state index is 12.3. The molecule has 0 fully saturated rings. The molecule has 32 heavy (non-hydrogen) atoms. The number of nitrogens with one attached hydrogen (secondary N) is 2. The first-order valence-corrected chi connectivity index (χ1v) is 11.9. The van der Waals surface area contributed by atoms with Gasteiger partial charge in [-0.1, -0.05) is 50.6 Å². The molecule has 0 aliphatic heterocycles. The Labute approximate surface area is 189 Å². The summed E-state index contributed by atoms with van der Waals surface area (Å²) in [5.41, 5.74) is 2.73. The Morgan fingerprint density at radius 3 is 1.94 bits per heavy atom. The fourth-order valence-electron chi connectivity index (χ4n) is 2.98. The van der Waals surface area contributed by atoms with Gasteiger partial charge in [-0.05, 0) is 72.9 Å². The lowest BCUT2D eigenvalue weighted by Gasteiger charge is -2.23. The van der Waals surface area contributed by atoms with Crippen molar-refractivity contribution in [2.75, 3.05) is 5.32 Å². The number of hydrogen-bond donors (Lipinski definition) is 2. The molecule has 0 spiro atoms. The van der Waals surface area contributed by atoms with Gasteiger partial charge in [0.1, 0.15) is 11.5 Å². The molecule has 2 amide bonds. The van der Waals surface area contributed by atoms with Gasteiger partial charge in [-0.15, -0.1) is 0 Å². The lowest BCUT2D eigenvalue weighted by atomic mass is 9.82. The first kappa shape index (κ1) is 23.3. The molecule has 0 heterocycles. The van der Waals surface area contributed by atoms with Gasteiger partial charge < -0.3 is 10.1 Å². The number of sulfonamides is 1. The van der Waals surface area contributed by atoms with Crippen molar-refractivity contribution in [3.05, 3.63) is 83.9 Å². The molecule has 0 saturated carbocycles. The SMILES string of the molecule is CCC(C)(C)c1ccc(Oc2ccc(NC(=O)NS(=O)(=O)c3ccc(C)cc3)cc2)cc1. The Hall–Kier alpha value is -3.32. The minimum absolute atomic E-state index is 0.0235. The van der Waals surface area contributed by atoms with Gasteiger partial charge in [0.2, 0.25) is 0 Å². The summed E-state index contributed by atoms with van der Waals surface area (Å²) in [6.45, 7) is 8.43. The van der Waals surface area contributed by atoms with Crippen LogP contribution in [0, 0.1) is 6.92 Å². The minimum atomic E-state index is -3.95. The molecule has 0 aromatic heterocycles. The highest BCUT2D eigenvalue weighted by molar-refractivity contribution is 7.90. The van der Waals surface area contributed by atoms with Crippen molar-refractivity contribution in [2.45, 2.75) is 44.4 Å². The molecule has 0 atom stereocenters. The number of carbonyl (C=O) groups is 1. The van der Waals surface area contributed by atoms with Crippen molar-refractivity contribution in [2.24, 2.45) is 0 Å². The Morgan fingerprint density at radius 2 is 1.41 bits per heavy atom. The zero-order chi connectivity index (χ0) is 23.4. The number of amides is 2. The molecule has 0 radical (unpaired) electrons. The van der Waals surface area contributed by atoms with E-state index in [4.69, 9.17) is 4.74 Å². The lowest BCUT2D eigenvalue weighted by Crippen LogP contribution is -2.34. The Kier molecular flexibility index (Phi) is 6.89. The van der Waals surface area contributed by atoms with Gasteiger partial charge in [0.15, 0.2) is 0 Å². The standard InChI is InChI=1S/C25H28N2O4S/c1-5-25(3,4)19-8-12-21(13-9-19)31-22-14-10-20(11-15-22)26-24(28)27-32(29,30)23-16-6-18(2)7-17-23/h6-17H,5H2,1-4H3,(H2,26,27,28). The second kappa shape index (κ2) is 9.44. The highest BCUT2D eigenvalue weighted by Gasteiger charge is 2.18. The third-order valence-electron chi connectivity index (χ3n) is 5.43. The predicted molar refractivity (Wildman–Crippen MR) is 127 cm³/mol. The number of rotatable bonds is 7. The van der Waals surface area contributed by atoms with E-state index in [1.54, 1.807) is 36.4 Å². The highest BCUT2D eigenvalue weighted by Crippen LogP contribution is 2.30. The van der Waals surface area contributed by atoms with Crippen molar-refractivity contribution in [3.63, 3.8) is 0 Å². The summed E-state index contributed by atoms with van der Waals surface area (Å²) >= 11 is 0. The molecule has 168 valence electrons. The minimum Gasteiger partial charge on any atom is -0.457 e. The van der Waals surface area contributed by atoms with E-state index in [1.165, 1.54) is 17.7 Å². The van der Waals surface area contributed by atoms with E-state index in [9.17, 15) is 13.2 Å². The number of aryl methyl sites for hydroxylation is 1. The zero-order valence-corrected chi connectivity index (χ0v) is 19.5. The molecule has 2 N–H and O–H groups in total. The quantitative estimate of drug-likeness (QED) is 0.461. The predicted octanol–water partition coefficient (Wildman–Crippen LogP) is 5.99. The third kappa shape index (κ3) is 5.88. The molecule has 3 aromatic rings. The van der Waals surface area contributed by atoms with Crippen LogP contribution in [0.15, 0.2) is 77.7 Å². The van der Waals surface area contributed by atoms with Crippen LogP contribution >= 0.6 is 0 Å².